The number of rotatable bonds is 3. The number of carbonyl (C=O) groups excluding carboxylic acids is 2. The van der Waals surface area contributed by atoms with E-state index in [1.165, 1.54) is 0 Å². The van der Waals surface area contributed by atoms with Gasteiger partial charge in [-0.15, -0.1) is 5.10 Å². The second-order valence-electron chi connectivity index (χ2n) is 7.10. The lowest BCUT2D eigenvalue weighted by atomic mass is 9.63. The maximum atomic E-state index is 13.1. The fraction of sp³-hybridized carbons (Fsp3) is 0.368. The minimum absolute atomic E-state index is 0.00650. The third kappa shape index (κ3) is 1.94. The predicted molar refractivity (Wildman–Crippen MR) is 93.3 cm³/mol. The fourth-order valence-corrected chi connectivity index (χ4v) is 3.81. The molecule has 5 heteroatoms. The minimum atomic E-state index is -1.55. The van der Waals surface area contributed by atoms with Crippen LogP contribution >= 0.6 is 0 Å². The third-order valence-corrected chi connectivity index (χ3v) is 4.59. The highest BCUT2D eigenvalue weighted by molar-refractivity contribution is 6.67. The van der Waals surface area contributed by atoms with Crippen molar-refractivity contribution >= 4 is 34.8 Å². The zero-order valence-corrected chi connectivity index (χ0v) is 14.3. The molecule has 1 atom stereocenters. The molecular weight excluding hydrogens is 304 g/mol. The van der Waals surface area contributed by atoms with E-state index in [2.05, 4.69) is 10.2 Å². The molecule has 24 heavy (non-hydrogen) atoms. The van der Waals surface area contributed by atoms with Crippen LogP contribution in [0.2, 0.25) is 0 Å². The number of benzene rings is 1. The summed E-state index contributed by atoms with van der Waals surface area (Å²) in [7, 11) is 0. The van der Waals surface area contributed by atoms with Gasteiger partial charge in [-0.2, -0.15) is 5.10 Å². The highest BCUT2D eigenvalue weighted by Crippen LogP contribution is 2.49. The molecule has 0 saturated heterocycles. The number of aliphatic hydroxyl groups is 1. The Hall–Kier alpha value is -2.56. The Labute approximate surface area is 140 Å². The lowest BCUT2D eigenvalue weighted by molar-refractivity contribution is -0.122. The van der Waals surface area contributed by atoms with E-state index in [0.29, 0.717) is 10.8 Å². The molecule has 1 heterocycles. The first-order valence-electron chi connectivity index (χ1n) is 7.99. The topological polar surface area (TPSA) is 79.1 Å². The summed E-state index contributed by atoms with van der Waals surface area (Å²) in [5.74, 6) is -0.802. The second-order valence-corrected chi connectivity index (χ2v) is 7.10. The number of hydrogen-bond acceptors (Lipinski definition) is 5. The van der Waals surface area contributed by atoms with E-state index in [1.54, 1.807) is 19.1 Å². The van der Waals surface area contributed by atoms with Crippen molar-refractivity contribution in [1.29, 1.82) is 0 Å². The molecule has 1 unspecified atom stereocenters. The largest absolute Gasteiger partial charge is 0.510 e. The van der Waals surface area contributed by atoms with Crippen LogP contribution in [0.4, 0.5) is 0 Å². The number of Topliss-reactive ketones (excluding diaryl/α,β-unsaturated/α-hetero) is 2. The molecule has 124 valence electrons. The van der Waals surface area contributed by atoms with Crippen molar-refractivity contribution in [2.24, 2.45) is 21.0 Å². The van der Waals surface area contributed by atoms with Crippen molar-refractivity contribution in [2.75, 3.05) is 0 Å². The van der Waals surface area contributed by atoms with Crippen molar-refractivity contribution in [3.8, 4) is 0 Å². The minimum Gasteiger partial charge on any atom is -0.510 e. The lowest BCUT2D eigenvalue weighted by Gasteiger charge is -2.37. The lowest BCUT2D eigenvalue weighted by Crippen LogP contribution is -2.47. The molecule has 0 fully saturated rings. The maximum Gasteiger partial charge on any atom is 0.223 e. The smallest absolute Gasteiger partial charge is 0.223 e. The van der Waals surface area contributed by atoms with Gasteiger partial charge < -0.3 is 5.11 Å². The van der Waals surface area contributed by atoms with Gasteiger partial charge in [-0.25, -0.2) is 0 Å². The first-order chi connectivity index (χ1) is 11.3. The molecule has 0 amide bonds. The van der Waals surface area contributed by atoms with E-state index in [1.807, 2.05) is 32.9 Å². The average molecular weight is 324 g/mol. The van der Waals surface area contributed by atoms with E-state index in [4.69, 9.17) is 0 Å². The fourth-order valence-electron chi connectivity index (χ4n) is 3.81. The Balaban J connectivity index is 2.53. The van der Waals surface area contributed by atoms with E-state index in [0.717, 1.165) is 11.4 Å². The normalized spacial score (nSPS) is 22.8. The van der Waals surface area contributed by atoms with E-state index in [-0.39, 0.29) is 23.7 Å². The van der Waals surface area contributed by atoms with Crippen LogP contribution in [0.3, 0.4) is 0 Å². The number of fused-ring (bicyclic) bond motifs is 1. The zero-order chi connectivity index (χ0) is 17.7. The van der Waals surface area contributed by atoms with Gasteiger partial charge in [0.25, 0.3) is 0 Å². The summed E-state index contributed by atoms with van der Waals surface area (Å²) in [6, 6.07) is 7.30. The van der Waals surface area contributed by atoms with E-state index in [9.17, 15) is 14.7 Å². The Morgan fingerprint density at radius 1 is 1.21 bits per heavy atom. The first-order valence-corrected chi connectivity index (χ1v) is 7.99. The molecule has 2 aliphatic rings. The molecule has 0 saturated carbocycles. The van der Waals surface area contributed by atoms with Crippen LogP contribution in [0.1, 0.15) is 34.1 Å². The van der Waals surface area contributed by atoms with Crippen LogP contribution < -0.4 is 10.4 Å². The monoisotopic (exact) mass is 324 g/mol. The molecule has 1 aliphatic carbocycles. The van der Waals surface area contributed by atoms with Gasteiger partial charge in [0.15, 0.2) is 11.2 Å². The third-order valence-electron chi connectivity index (χ3n) is 4.59. The molecule has 0 spiro atoms. The van der Waals surface area contributed by atoms with Crippen molar-refractivity contribution < 1.29 is 14.7 Å². The van der Waals surface area contributed by atoms with Crippen LogP contribution in [0, 0.1) is 10.8 Å². The van der Waals surface area contributed by atoms with Gasteiger partial charge in [0.2, 0.25) is 5.78 Å². The Bertz CT molecular complexity index is 932. The molecule has 1 N–H and O–H groups in total. The molecule has 5 nitrogen and oxygen atoms in total. The van der Waals surface area contributed by atoms with Crippen LogP contribution in [0.25, 0.3) is 11.3 Å². The number of nitrogens with zero attached hydrogens (tertiary/aromatic N) is 2. The molecular formula is C19H20N2O3. The maximum absolute atomic E-state index is 13.1. The summed E-state index contributed by atoms with van der Waals surface area (Å²) in [6.45, 7) is 7.63. The summed E-state index contributed by atoms with van der Waals surface area (Å²) < 4.78 is 0. The van der Waals surface area contributed by atoms with Crippen molar-refractivity contribution in [2.45, 2.75) is 34.1 Å². The highest BCUT2D eigenvalue weighted by atomic mass is 16.3. The van der Waals surface area contributed by atoms with Crippen LogP contribution in [0.5, 0.6) is 0 Å². The summed E-state index contributed by atoms with van der Waals surface area (Å²) in [4.78, 5) is 25.5. The Morgan fingerprint density at radius 3 is 2.33 bits per heavy atom. The standard InChI is InChI=1S/C19H20N2O3/c1-5-14(23)19(16-13(22)10-20-21-16)15(18(2,3)4)11-8-6-7-9-12(11)17(19)24/h6-10,24H,5H2,1-4H3. The van der Waals surface area contributed by atoms with Gasteiger partial charge in [-0.1, -0.05) is 52.0 Å². The van der Waals surface area contributed by atoms with Crippen molar-refractivity contribution in [3.63, 3.8) is 0 Å². The summed E-state index contributed by atoms with van der Waals surface area (Å²) >= 11 is 0. The van der Waals surface area contributed by atoms with E-state index >= 15 is 0 Å². The van der Waals surface area contributed by atoms with Gasteiger partial charge in [0, 0.05) is 11.6 Å². The molecule has 0 bridgehead atoms. The van der Waals surface area contributed by atoms with Crippen molar-refractivity contribution in [1.82, 2.24) is 0 Å². The number of aliphatic hydroxyl groups excluding tert-OH is 1. The van der Waals surface area contributed by atoms with Gasteiger partial charge in [-0.05, 0) is 16.2 Å². The quantitative estimate of drug-likeness (QED) is 0.916. The highest BCUT2D eigenvalue weighted by Gasteiger charge is 2.57. The SMILES string of the molecule is CCC(=O)C1(C2=NN=CC2=O)C(O)=c2ccccc2=C1C(C)(C)C. The summed E-state index contributed by atoms with van der Waals surface area (Å²) in [5.41, 5.74) is -1.32. The molecule has 1 aromatic rings. The second kappa shape index (κ2) is 5.23. The van der Waals surface area contributed by atoms with Gasteiger partial charge >= 0.3 is 0 Å². The number of carbonyl (C=O) groups is 2. The summed E-state index contributed by atoms with van der Waals surface area (Å²) in [5, 5.41) is 20.1. The number of hydrogen-bond donors (Lipinski definition) is 1. The molecule has 1 aromatic carbocycles. The zero-order valence-electron chi connectivity index (χ0n) is 14.3. The van der Waals surface area contributed by atoms with Crippen LogP contribution in [0.15, 0.2) is 34.5 Å². The van der Waals surface area contributed by atoms with Crippen LogP contribution in [-0.4, -0.2) is 28.6 Å². The number of ketones is 2. The van der Waals surface area contributed by atoms with Crippen molar-refractivity contribution in [3.05, 3.63) is 34.7 Å². The first kappa shape index (κ1) is 16.3. The molecule has 0 aromatic heterocycles. The van der Waals surface area contributed by atoms with Crippen LogP contribution in [-0.2, 0) is 9.59 Å². The van der Waals surface area contributed by atoms with Gasteiger partial charge in [-0.3, -0.25) is 9.59 Å². The van der Waals surface area contributed by atoms with Gasteiger partial charge in [0.1, 0.15) is 11.5 Å². The summed E-state index contributed by atoms with van der Waals surface area (Å²) in [6.07, 6.45) is 1.26. The Kier molecular flexibility index (Phi) is 3.55. The Morgan fingerprint density at radius 2 is 1.83 bits per heavy atom. The van der Waals surface area contributed by atoms with Gasteiger partial charge in [0.05, 0.1) is 6.21 Å². The molecule has 3 rings (SSSR count). The molecule has 0 radical (unpaired) electrons. The average Bonchev–Trinajstić information content (AvgIpc) is 3.06. The molecule has 1 aliphatic heterocycles. The predicted octanol–water partition coefficient (Wildman–Crippen LogP) is 1.54. The van der Waals surface area contributed by atoms with E-state index < -0.39 is 16.6 Å².